The molecule has 2 aliphatic carbocycles. The zero-order valence-electron chi connectivity index (χ0n) is 20.3. The molecular formula is C27H29ClFN5O2S. The molecule has 0 bridgehead atoms. The Morgan fingerprint density at radius 2 is 1.95 bits per heavy atom. The number of nitrogens with zero attached hydrogens (tertiary/aromatic N) is 4. The fraction of sp³-hybridized carbons (Fsp3) is 0.444. The summed E-state index contributed by atoms with van der Waals surface area (Å²) < 4.78 is 23.2. The number of carbonyl (C=O) groups is 1. The number of morpholine rings is 1. The number of hydrogen-bond acceptors (Lipinski definition) is 6. The molecule has 1 N–H and O–H groups in total. The van der Waals surface area contributed by atoms with Gasteiger partial charge in [0.2, 0.25) is 0 Å². The number of halogens is 2. The molecule has 194 valence electrons. The fourth-order valence-electron chi connectivity index (χ4n) is 4.99. The van der Waals surface area contributed by atoms with Crippen molar-refractivity contribution in [1.29, 1.82) is 0 Å². The Morgan fingerprint density at radius 3 is 2.62 bits per heavy atom. The van der Waals surface area contributed by atoms with E-state index in [2.05, 4.69) is 19.5 Å². The van der Waals surface area contributed by atoms with E-state index < -0.39 is 6.10 Å². The Balaban J connectivity index is 1.34. The predicted octanol–water partition coefficient (Wildman–Crippen LogP) is 5.20. The van der Waals surface area contributed by atoms with Gasteiger partial charge in [0.15, 0.2) is 0 Å². The van der Waals surface area contributed by atoms with Gasteiger partial charge in [-0.25, -0.2) is 9.37 Å². The molecule has 0 radical (unpaired) electrons. The molecule has 3 unspecified atom stereocenters. The molecular weight excluding hydrogens is 513 g/mol. The molecule has 2 saturated carbocycles. The van der Waals surface area contributed by atoms with E-state index in [0.29, 0.717) is 47.3 Å². The van der Waals surface area contributed by atoms with Crippen LogP contribution >= 0.6 is 23.5 Å². The number of aromatic amines is 1. The number of anilines is 1. The summed E-state index contributed by atoms with van der Waals surface area (Å²) >= 11 is 7.88. The largest absolute Gasteiger partial charge is 0.365 e. The third kappa shape index (κ3) is 5.63. The number of hydrogen-bond donors (Lipinski definition) is 1. The molecule has 1 saturated heterocycles. The van der Waals surface area contributed by atoms with Crippen LogP contribution in [0.5, 0.6) is 0 Å². The SMILES string of the molecule is O=C1C(Cc2ncn[nH]2)OCC(c2ccc(Cl)cc2)N1C(CN(SC1CC1)c1ccccc1F)C1CC1. The van der Waals surface area contributed by atoms with Crippen molar-refractivity contribution >= 4 is 35.1 Å². The summed E-state index contributed by atoms with van der Waals surface area (Å²) in [5.74, 6) is 0.667. The zero-order valence-corrected chi connectivity index (χ0v) is 21.9. The first kappa shape index (κ1) is 24.7. The standard InChI is InChI=1S/C27H29ClFN5O2S/c28-19-9-7-18(8-10-19)24-15-36-25(13-26-30-16-31-32-26)27(35)34(24)23(17-5-6-17)14-33(37-20-11-12-20)22-4-2-1-3-21(22)29/h1-4,7-10,16-17,20,23-25H,5-6,11-15H2,(H,30,31,32). The highest BCUT2D eigenvalue weighted by Gasteiger charge is 2.47. The van der Waals surface area contributed by atoms with Crippen molar-refractivity contribution < 1.29 is 13.9 Å². The van der Waals surface area contributed by atoms with Gasteiger partial charge in [0.05, 0.1) is 30.9 Å². The summed E-state index contributed by atoms with van der Waals surface area (Å²) in [4.78, 5) is 20.3. The maximum atomic E-state index is 15.0. The van der Waals surface area contributed by atoms with E-state index >= 15 is 0 Å². The molecule has 10 heteroatoms. The van der Waals surface area contributed by atoms with E-state index in [1.807, 2.05) is 41.3 Å². The van der Waals surface area contributed by atoms with Gasteiger partial charge in [0.1, 0.15) is 24.1 Å². The van der Waals surface area contributed by atoms with Crippen LogP contribution in [0.3, 0.4) is 0 Å². The van der Waals surface area contributed by atoms with E-state index in [-0.39, 0.29) is 23.8 Å². The van der Waals surface area contributed by atoms with Gasteiger partial charge < -0.3 is 13.9 Å². The molecule has 2 aromatic carbocycles. The number of H-pyrrole nitrogens is 1. The van der Waals surface area contributed by atoms with Crippen LogP contribution < -0.4 is 4.31 Å². The Bertz CT molecular complexity index is 1220. The first-order valence-corrected chi connectivity index (χ1v) is 14.0. The molecule has 1 aliphatic heterocycles. The number of nitrogens with one attached hydrogen (secondary N) is 1. The van der Waals surface area contributed by atoms with Gasteiger partial charge in [0, 0.05) is 16.7 Å². The van der Waals surface area contributed by atoms with Crippen molar-refractivity contribution in [1.82, 2.24) is 20.1 Å². The van der Waals surface area contributed by atoms with Gasteiger partial charge in [-0.15, -0.1) is 0 Å². The number of ether oxygens (including phenoxy) is 1. The molecule has 0 spiro atoms. The van der Waals surface area contributed by atoms with Crippen molar-refractivity contribution in [3.8, 4) is 0 Å². The minimum absolute atomic E-state index is 0.0654. The molecule has 37 heavy (non-hydrogen) atoms. The van der Waals surface area contributed by atoms with Gasteiger partial charge in [-0.05, 0) is 73.4 Å². The van der Waals surface area contributed by atoms with Crippen LogP contribution in [0.2, 0.25) is 5.02 Å². The summed E-state index contributed by atoms with van der Waals surface area (Å²) in [6.07, 6.45) is 5.47. The van der Waals surface area contributed by atoms with E-state index in [1.165, 1.54) is 12.4 Å². The Kier molecular flexibility index (Phi) is 7.10. The number of benzene rings is 2. The van der Waals surface area contributed by atoms with Crippen LogP contribution in [0, 0.1) is 11.7 Å². The highest BCUT2D eigenvalue weighted by Crippen LogP contribution is 2.45. The lowest BCUT2D eigenvalue weighted by atomic mass is 9.97. The summed E-state index contributed by atoms with van der Waals surface area (Å²) in [5.41, 5.74) is 1.56. The zero-order chi connectivity index (χ0) is 25.4. The summed E-state index contributed by atoms with van der Waals surface area (Å²) in [6, 6.07) is 14.2. The van der Waals surface area contributed by atoms with Crippen molar-refractivity contribution in [3.05, 3.63) is 77.1 Å². The quantitative estimate of drug-likeness (QED) is 0.355. The summed E-state index contributed by atoms with van der Waals surface area (Å²) in [7, 11) is 0. The van der Waals surface area contributed by atoms with Crippen molar-refractivity contribution in [2.75, 3.05) is 17.5 Å². The summed E-state index contributed by atoms with van der Waals surface area (Å²) in [6.45, 7) is 0.919. The number of amides is 1. The smallest absolute Gasteiger partial charge is 0.253 e. The van der Waals surface area contributed by atoms with Gasteiger partial charge in [-0.1, -0.05) is 35.9 Å². The number of aromatic nitrogens is 3. The second kappa shape index (κ2) is 10.6. The van der Waals surface area contributed by atoms with Gasteiger partial charge >= 0.3 is 0 Å². The Labute approximate surface area is 224 Å². The minimum Gasteiger partial charge on any atom is -0.365 e. The lowest BCUT2D eigenvalue weighted by Gasteiger charge is -2.45. The normalized spacial score (nSPS) is 22.8. The third-order valence-electron chi connectivity index (χ3n) is 7.22. The molecule has 6 rings (SSSR count). The average Bonchev–Trinajstić information content (AvgIpc) is 3.84. The predicted molar refractivity (Wildman–Crippen MR) is 142 cm³/mol. The molecule has 3 aromatic rings. The molecule has 3 fully saturated rings. The van der Waals surface area contributed by atoms with Crippen molar-refractivity contribution in [3.63, 3.8) is 0 Å². The molecule has 3 atom stereocenters. The fourth-order valence-corrected chi connectivity index (χ4v) is 6.32. The monoisotopic (exact) mass is 541 g/mol. The topological polar surface area (TPSA) is 74.3 Å². The highest BCUT2D eigenvalue weighted by molar-refractivity contribution is 8.01. The summed E-state index contributed by atoms with van der Waals surface area (Å²) in [5, 5.41) is 7.90. The second-order valence-corrected chi connectivity index (χ2v) is 11.7. The molecule has 1 aromatic heterocycles. The van der Waals surface area contributed by atoms with Gasteiger partial charge in [0.25, 0.3) is 5.91 Å². The molecule has 7 nitrogen and oxygen atoms in total. The lowest BCUT2D eigenvalue weighted by molar-refractivity contribution is -0.164. The second-order valence-electron chi connectivity index (χ2n) is 9.99. The molecule has 3 aliphatic rings. The maximum absolute atomic E-state index is 15.0. The minimum atomic E-state index is -0.657. The van der Waals surface area contributed by atoms with Crippen LogP contribution in [-0.2, 0) is 16.0 Å². The Hall–Kier alpha value is -2.62. The highest BCUT2D eigenvalue weighted by atomic mass is 35.5. The van der Waals surface area contributed by atoms with E-state index in [4.69, 9.17) is 16.3 Å². The molecule has 1 amide bonds. The van der Waals surface area contributed by atoms with E-state index in [1.54, 1.807) is 18.0 Å². The molecule has 2 heterocycles. The first-order valence-electron chi connectivity index (χ1n) is 12.8. The van der Waals surface area contributed by atoms with Gasteiger partial charge in [-0.2, -0.15) is 5.10 Å². The maximum Gasteiger partial charge on any atom is 0.253 e. The number of carbonyl (C=O) groups excluding carboxylic acids is 1. The first-order chi connectivity index (χ1) is 18.1. The Morgan fingerprint density at radius 1 is 1.16 bits per heavy atom. The van der Waals surface area contributed by atoms with Crippen LogP contribution in [-0.4, -0.2) is 56.5 Å². The van der Waals surface area contributed by atoms with Crippen molar-refractivity contribution in [2.45, 2.75) is 55.5 Å². The lowest BCUT2D eigenvalue weighted by Crippen LogP contribution is -2.57. The van der Waals surface area contributed by atoms with Crippen LogP contribution in [0.1, 0.15) is 43.1 Å². The van der Waals surface area contributed by atoms with Gasteiger partial charge in [-0.3, -0.25) is 9.89 Å². The van der Waals surface area contributed by atoms with E-state index in [9.17, 15) is 9.18 Å². The van der Waals surface area contributed by atoms with E-state index in [0.717, 1.165) is 31.2 Å². The average molecular weight is 542 g/mol. The third-order valence-corrected chi connectivity index (χ3v) is 8.84. The number of para-hydroxylation sites is 1. The van der Waals surface area contributed by atoms with Crippen molar-refractivity contribution in [2.24, 2.45) is 5.92 Å². The van der Waals surface area contributed by atoms with Crippen LogP contribution in [0.15, 0.2) is 54.9 Å². The number of rotatable bonds is 10. The van der Waals surface area contributed by atoms with Crippen LogP contribution in [0.4, 0.5) is 10.1 Å². The van der Waals surface area contributed by atoms with Crippen LogP contribution in [0.25, 0.3) is 0 Å².